The van der Waals surface area contributed by atoms with Crippen molar-refractivity contribution in [1.82, 2.24) is 10.2 Å². The van der Waals surface area contributed by atoms with Crippen molar-refractivity contribution in [3.05, 3.63) is 92.0 Å². The molecule has 0 atom stereocenters. The van der Waals surface area contributed by atoms with Crippen LogP contribution in [0.3, 0.4) is 0 Å². The van der Waals surface area contributed by atoms with E-state index in [-0.39, 0.29) is 16.4 Å². The van der Waals surface area contributed by atoms with E-state index in [4.69, 9.17) is 40.2 Å². The Morgan fingerprint density at radius 2 is 1.60 bits per heavy atom. The third kappa shape index (κ3) is 7.29. The van der Waals surface area contributed by atoms with Gasteiger partial charge in [0.15, 0.2) is 5.11 Å². The molecular weight excluding hydrogens is 599 g/mol. The predicted molar refractivity (Wildman–Crippen MR) is 170 cm³/mol. The molecule has 2 heterocycles. The molecule has 13 heteroatoms. The molecule has 2 fully saturated rings. The standard InChI is InChI=1S/C29H30Cl2N6O4S/c30-24-4-2-1-3-20(24)19-34-9-11-35(12-10-34)27-7-5-21(17-25(27)31)32-29(42)33-28(38)23-18-22(37(39)40)6-8-26(23)36-13-15-41-16-14-36/h1-8,17-18H,9-16,19H2,(H2,32,33,38,42). The molecule has 5 rings (SSSR count). The fourth-order valence-corrected chi connectivity index (χ4v) is 5.79. The van der Waals surface area contributed by atoms with Crippen molar-refractivity contribution in [1.29, 1.82) is 0 Å². The highest BCUT2D eigenvalue weighted by atomic mass is 35.5. The van der Waals surface area contributed by atoms with Gasteiger partial charge in [-0.15, -0.1) is 0 Å². The van der Waals surface area contributed by atoms with Crippen LogP contribution in [0.5, 0.6) is 0 Å². The first-order valence-electron chi connectivity index (χ1n) is 13.5. The van der Waals surface area contributed by atoms with Crippen LogP contribution in [0.2, 0.25) is 10.0 Å². The molecule has 42 heavy (non-hydrogen) atoms. The molecule has 0 unspecified atom stereocenters. The molecule has 220 valence electrons. The first kappa shape index (κ1) is 30.0. The molecule has 0 spiro atoms. The van der Waals surface area contributed by atoms with Gasteiger partial charge in [0.25, 0.3) is 11.6 Å². The fourth-order valence-electron chi connectivity index (χ4n) is 5.09. The number of halogens is 2. The molecule has 0 aliphatic carbocycles. The fraction of sp³-hybridized carbons (Fsp3) is 0.310. The van der Waals surface area contributed by atoms with Crippen LogP contribution in [-0.2, 0) is 11.3 Å². The van der Waals surface area contributed by atoms with E-state index in [9.17, 15) is 14.9 Å². The number of anilines is 3. The summed E-state index contributed by atoms with van der Waals surface area (Å²) in [6.45, 7) is 6.35. The summed E-state index contributed by atoms with van der Waals surface area (Å²) in [5.74, 6) is -0.546. The van der Waals surface area contributed by atoms with Gasteiger partial charge in [0.05, 0.1) is 40.1 Å². The topological polar surface area (TPSA) is 103 Å². The van der Waals surface area contributed by atoms with Crippen molar-refractivity contribution >= 4 is 69.2 Å². The number of carbonyl (C=O) groups excluding carboxylic acids is 1. The lowest BCUT2D eigenvalue weighted by Gasteiger charge is -2.36. The molecule has 1 amide bonds. The van der Waals surface area contributed by atoms with Crippen LogP contribution >= 0.6 is 35.4 Å². The van der Waals surface area contributed by atoms with Gasteiger partial charge in [0.1, 0.15) is 0 Å². The number of non-ortho nitro benzene ring substituents is 1. The van der Waals surface area contributed by atoms with Crippen LogP contribution in [0.15, 0.2) is 60.7 Å². The highest BCUT2D eigenvalue weighted by molar-refractivity contribution is 7.80. The number of nitrogens with one attached hydrogen (secondary N) is 2. The van der Waals surface area contributed by atoms with Crippen LogP contribution in [0.1, 0.15) is 15.9 Å². The molecule has 2 N–H and O–H groups in total. The number of hydrogen-bond donors (Lipinski definition) is 2. The second kappa shape index (κ2) is 13.7. The third-order valence-electron chi connectivity index (χ3n) is 7.28. The molecule has 3 aromatic carbocycles. The number of amides is 1. The van der Waals surface area contributed by atoms with Gasteiger partial charge in [-0.3, -0.25) is 25.1 Å². The van der Waals surface area contributed by atoms with E-state index in [1.54, 1.807) is 12.1 Å². The van der Waals surface area contributed by atoms with E-state index < -0.39 is 10.8 Å². The summed E-state index contributed by atoms with van der Waals surface area (Å²) in [7, 11) is 0. The maximum Gasteiger partial charge on any atom is 0.270 e. The maximum atomic E-state index is 13.2. The highest BCUT2D eigenvalue weighted by Gasteiger charge is 2.23. The molecule has 0 radical (unpaired) electrons. The number of thiocarbonyl (C=S) groups is 1. The number of ether oxygens (including phenoxy) is 1. The molecule has 2 saturated heterocycles. The molecule has 2 aliphatic heterocycles. The summed E-state index contributed by atoms with van der Waals surface area (Å²) >= 11 is 18.4. The Labute approximate surface area is 259 Å². The normalized spacial score (nSPS) is 15.8. The Morgan fingerprint density at radius 1 is 0.905 bits per heavy atom. The number of carbonyl (C=O) groups is 1. The molecule has 10 nitrogen and oxygen atoms in total. The van der Waals surface area contributed by atoms with Gasteiger partial charge in [-0.1, -0.05) is 41.4 Å². The first-order chi connectivity index (χ1) is 20.3. The minimum Gasteiger partial charge on any atom is -0.378 e. The van der Waals surface area contributed by atoms with E-state index in [1.807, 2.05) is 35.2 Å². The molecule has 0 bridgehead atoms. The van der Waals surface area contributed by atoms with Gasteiger partial charge in [-0.25, -0.2) is 0 Å². The number of nitro benzene ring substituents is 1. The van der Waals surface area contributed by atoms with E-state index in [1.165, 1.54) is 12.1 Å². The van der Waals surface area contributed by atoms with Crippen molar-refractivity contribution in [3.8, 4) is 0 Å². The number of piperazine rings is 1. The second-order valence-corrected chi connectivity index (χ2v) is 11.2. The van der Waals surface area contributed by atoms with Crippen LogP contribution in [0.25, 0.3) is 0 Å². The Kier molecular flexibility index (Phi) is 9.76. The van der Waals surface area contributed by atoms with Crippen molar-refractivity contribution in [2.75, 3.05) is 67.6 Å². The van der Waals surface area contributed by atoms with Crippen LogP contribution in [0, 0.1) is 10.1 Å². The summed E-state index contributed by atoms with van der Waals surface area (Å²) in [4.78, 5) is 30.6. The Hall–Kier alpha value is -3.48. The van der Waals surface area contributed by atoms with Crippen molar-refractivity contribution in [2.45, 2.75) is 6.54 Å². The number of hydrogen-bond acceptors (Lipinski definition) is 8. The first-order valence-corrected chi connectivity index (χ1v) is 14.7. The summed E-state index contributed by atoms with van der Waals surface area (Å²) in [6, 6.07) is 17.7. The number of nitro groups is 1. The zero-order valence-corrected chi connectivity index (χ0v) is 25.1. The zero-order chi connectivity index (χ0) is 29.6. The Bertz CT molecular complexity index is 1480. The smallest absolute Gasteiger partial charge is 0.270 e. The molecule has 0 saturated carbocycles. The van der Waals surface area contributed by atoms with Crippen LogP contribution in [0.4, 0.5) is 22.7 Å². The number of benzene rings is 3. The van der Waals surface area contributed by atoms with Crippen molar-refractivity contribution in [2.24, 2.45) is 0 Å². The monoisotopic (exact) mass is 628 g/mol. The van der Waals surface area contributed by atoms with E-state index >= 15 is 0 Å². The average molecular weight is 630 g/mol. The summed E-state index contributed by atoms with van der Waals surface area (Å²) in [6.07, 6.45) is 0. The van der Waals surface area contributed by atoms with E-state index in [0.717, 1.165) is 49.0 Å². The third-order valence-corrected chi connectivity index (χ3v) is 8.16. The van der Waals surface area contributed by atoms with Gasteiger partial charge in [-0.2, -0.15) is 0 Å². The minimum absolute atomic E-state index is 0.0523. The minimum atomic E-state index is -0.546. The lowest BCUT2D eigenvalue weighted by molar-refractivity contribution is -0.384. The quantitative estimate of drug-likeness (QED) is 0.208. The Morgan fingerprint density at radius 3 is 2.29 bits per heavy atom. The summed E-state index contributed by atoms with van der Waals surface area (Å²) in [5, 5.41) is 18.4. The average Bonchev–Trinajstić information content (AvgIpc) is 2.99. The molecule has 3 aromatic rings. The second-order valence-electron chi connectivity index (χ2n) is 9.99. The summed E-state index contributed by atoms with van der Waals surface area (Å²) < 4.78 is 5.40. The van der Waals surface area contributed by atoms with Gasteiger partial charge in [-0.05, 0) is 48.1 Å². The van der Waals surface area contributed by atoms with Crippen LogP contribution in [-0.4, -0.2) is 73.3 Å². The number of rotatable bonds is 7. The number of morpholine rings is 1. The highest BCUT2D eigenvalue weighted by Crippen LogP contribution is 2.31. The van der Waals surface area contributed by atoms with Crippen molar-refractivity contribution in [3.63, 3.8) is 0 Å². The predicted octanol–water partition coefficient (Wildman–Crippen LogP) is 5.19. The van der Waals surface area contributed by atoms with Crippen LogP contribution < -0.4 is 20.4 Å². The van der Waals surface area contributed by atoms with E-state index in [2.05, 4.69) is 26.5 Å². The SMILES string of the molecule is O=C(NC(=S)Nc1ccc(N2CCN(Cc3ccccc3Cl)CC2)c(Cl)c1)c1cc([N+](=O)[O-])ccc1N1CCOCC1. The van der Waals surface area contributed by atoms with E-state index in [0.29, 0.717) is 42.7 Å². The maximum absolute atomic E-state index is 13.2. The summed E-state index contributed by atoms with van der Waals surface area (Å²) in [5.41, 5.74) is 3.22. The largest absolute Gasteiger partial charge is 0.378 e. The van der Waals surface area contributed by atoms with Gasteiger partial charge < -0.3 is 19.9 Å². The molecular formula is C29H30Cl2N6O4S. The lowest BCUT2D eigenvalue weighted by atomic mass is 10.1. The molecule has 2 aliphatic rings. The number of nitrogens with zero attached hydrogens (tertiary/aromatic N) is 4. The van der Waals surface area contributed by atoms with Gasteiger partial charge >= 0.3 is 0 Å². The zero-order valence-electron chi connectivity index (χ0n) is 22.7. The lowest BCUT2D eigenvalue weighted by Crippen LogP contribution is -2.46. The molecule has 0 aromatic heterocycles. The Balaban J connectivity index is 1.19. The van der Waals surface area contributed by atoms with Crippen molar-refractivity contribution < 1.29 is 14.5 Å². The van der Waals surface area contributed by atoms with Gasteiger partial charge in [0.2, 0.25) is 0 Å². The van der Waals surface area contributed by atoms with Gasteiger partial charge in [0, 0.05) is 68.7 Å².